The van der Waals surface area contributed by atoms with Crippen LogP contribution in [0.15, 0.2) is 29.2 Å². The molecule has 0 aromatic heterocycles. The van der Waals surface area contributed by atoms with Crippen molar-refractivity contribution in [2.24, 2.45) is 0 Å². The van der Waals surface area contributed by atoms with Crippen LogP contribution in [0.3, 0.4) is 0 Å². The minimum absolute atomic E-state index is 0.115. The summed E-state index contributed by atoms with van der Waals surface area (Å²) in [6.45, 7) is 3.74. The molecule has 1 atom stereocenters. The Kier molecular flexibility index (Phi) is 5.58. The van der Waals surface area contributed by atoms with Crippen LogP contribution >= 0.6 is 0 Å². The summed E-state index contributed by atoms with van der Waals surface area (Å²) in [6.07, 6.45) is 5.09. The lowest BCUT2D eigenvalue weighted by Crippen LogP contribution is -2.33. The molecule has 1 unspecified atom stereocenters. The number of nitrogens with one attached hydrogen (secondary N) is 2. The van der Waals surface area contributed by atoms with E-state index in [0.717, 1.165) is 32.1 Å². The van der Waals surface area contributed by atoms with Gasteiger partial charge in [-0.15, -0.1) is 0 Å². The molecule has 1 aliphatic carbocycles. The highest BCUT2D eigenvalue weighted by Gasteiger charge is 2.19. The molecular weight excluding hydrogens is 300 g/mol. The smallest absolute Gasteiger partial charge is 0.251 e. The van der Waals surface area contributed by atoms with Crippen molar-refractivity contribution in [3.05, 3.63) is 29.8 Å². The molecule has 22 heavy (non-hydrogen) atoms. The van der Waals surface area contributed by atoms with Crippen molar-refractivity contribution in [1.29, 1.82) is 0 Å². The lowest BCUT2D eigenvalue weighted by Gasteiger charge is -2.13. The number of carbonyl (C=O) groups is 1. The van der Waals surface area contributed by atoms with Crippen molar-refractivity contribution in [2.45, 2.75) is 62.9 Å². The zero-order valence-corrected chi connectivity index (χ0v) is 13.9. The third kappa shape index (κ3) is 4.30. The first-order valence-electron chi connectivity index (χ1n) is 7.85. The summed E-state index contributed by atoms with van der Waals surface area (Å²) < 4.78 is 26.9. The molecular formula is C16H24N2O3S. The predicted octanol–water partition coefficient (Wildman–Crippen LogP) is 2.44. The Balaban J connectivity index is 2.04. The van der Waals surface area contributed by atoms with E-state index in [9.17, 15) is 13.2 Å². The molecule has 0 bridgehead atoms. The van der Waals surface area contributed by atoms with Gasteiger partial charge in [-0.25, -0.2) is 13.1 Å². The van der Waals surface area contributed by atoms with E-state index < -0.39 is 10.0 Å². The first-order chi connectivity index (χ1) is 10.4. The van der Waals surface area contributed by atoms with Crippen molar-refractivity contribution >= 4 is 15.9 Å². The average molecular weight is 324 g/mol. The predicted molar refractivity (Wildman–Crippen MR) is 86.2 cm³/mol. The molecule has 1 fully saturated rings. The van der Waals surface area contributed by atoms with Crippen molar-refractivity contribution in [3.8, 4) is 0 Å². The largest absolute Gasteiger partial charge is 0.349 e. The van der Waals surface area contributed by atoms with E-state index in [4.69, 9.17) is 0 Å². The molecule has 1 aromatic rings. The summed E-state index contributed by atoms with van der Waals surface area (Å²) in [6, 6.07) is 6.23. The Morgan fingerprint density at radius 2 is 1.82 bits per heavy atom. The number of amides is 1. The molecule has 0 spiro atoms. The third-order valence-electron chi connectivity index (χ3n) is 4.09. The highest BCUT2D eigenvalue weighted by molar-refractivity contribution is 7.89. The SMILES string of the molecule is CCC(C)NS(=O)(=O)c1ccc(C(=O)NC2CCCC2)cc1. The van der Waals surface area contributed by atoms with E-state index in [0.29, 0.717) is 5.56 Å². The molecule has 0 heterocycles. The van der Waals surface area contributed by atoms with Crippen LogP contribution in [-0.4, -0.2) is 26.4 Å². The summed E-state index contributed by atoms with van der Waals surface area (Å²) in [5, 5.41) is 2.99. The van der Waals surface area contributed by atoms with Gasteiger partial charge in [0, 0.05) is 17.6 Å². The molecule has 1 aromatic carbocycles. The molecule has 0 saturated heterocycles. The Bertz CT molecular complexity index is 605. The number of rotatable bonds is 6. The number of sulfonamides is 1. The molecule has 6 heteroatoms. The molecule has 2 rings (SSSR count). The Labute approximate surface area is 132 Å². The fraction of sp³-hybridized carbons (Fsp3) is 0.562. The van der Waals surface area contributed by atoms with Crippen molar-refractivity contribution < 1.29 is 13.2 Å². The molecule has 1 aliphatic rings. The van der Waals surface area contributed by atoms with Gasteiger partial charge in [-0.3, -0.25) is 4.79 Å². The van der Waals surface area contributed by atoms with Gasteiger partial charge in [-0.2, -0.15) is 0 Å². The summed E-state index contributed by atoms with van der Waals surface area (Å²) in [7, 11) is -3.52. The molecule has 2 N–H and O–H groups in total. The van der Waals surface area contributed by atoms with Crippen LogP contribution in [-0.2, 0) is 10.0 Å². The van der Waals surface area contributed by atoms with Gasteiger partial charge in [0.05, 0.1) is 4.90 Å². The highest BCUT2D eigenvalue weighted by atomic mass is 32.2. The topological polar surface area (TPSA) is 75.3 Å². The average Bonchev–Trinajstić information content (AvgIpc) is 2.99. The van der Waals surface area contributed by atoms with Crippen LogP contribution in [0, 0.1) is 0 Å². The Morgan fingerprint density at radius 1 is 1.23 bits per heavy atom. The van der Waals surface area contributed by atoms with Crippen LogP contribution in [0.25, 0.3) is 0 Å². The van der Waals surface area contributed by atoms with E-state index in [1.165, 1.54) is 12.1 Å². The second-order valence-corrected chi connectivity index (χ2v) is 7.62. The first kappa shape index (κ1) is 17.0. The molecule has 5 nitrogen and oxygen atoms in total. The number of hydrogen-bond acceptors (Lipinski definition) is 3. The Hall–Kier alpha value is -1.40. The molecule has 0 aliphatic heterocycles. The minimum Gasteiger partial charge on any atom is -0.349 e. The first-order valence-corrected chi connectivity index (χ1v) is 9.34. The summed E-state index contributed by atoms with van der Waals surface area (Å²) in [4.78, 5) is 12.3. The van der Waals surface area contributed by atoms with Crippen molar-refractivity contribution in [2.75, 3.05) is 0 Å². The van der Waals surface area contributed by atoms with Gasteiger partial charge in [0.1, 0.15) is 0 Å². The monoisotopic (exact) mass is 324 g/mol. The molecule has 1 amide bonds. The minimum atomic E-state index is -3.52. The van der Waals surface area contributed by atoms with Crippen LogP contribution in [0.4, 0.5) is 0 Å². The fourth-order valence-corrected chi connectivity index (χ4v) is 3.87. The van der Waals surface area contributed by atoms with E-state index in [-0.39, 0.29) is 22.9 Å². The normalized spacial score (nSPS) is 17.4. The van der Waals surface area contributed by atoms with Crippen LogP contribution in [0.1, 0.15) is 56.3 Å². The van der Waals surface area contributed by atoms with Gasteiger partial charge in [-0.1, -0.05) is 19.8 Å². The van der Waals surface area contributed by atoms with E-state index >= 15 is 0 Å². The maximum absolute atomic E-state index is 12.1. The fourth-order valence-electron chi connectivity index (χ4n) is 2.54. The van der Waals surface area contributed by atoms with Gasteiger partial charge in [0.15, 0.2) is 0 Å². The van der Waals surface area contributed by atoms with Crippen LogP contribution in [0.2, 0.25) is 0 Å². The number of hydrogen-bond donors (Lipinski definition) is 2. The van der Waals surface area contributed by atoms with Crippen molar-refractivity contribution in [3.63, 3.8) is 0 Å². The molecule has 1 saturated carbocycles. The van der Waals surface area contributed by atoms with Gasteiger partial charge >= 0.3 is 0 Å². The second kappa shape index (κ2) is 7.24. The van der Waals surface area contributed by atoms with Gasteiger partial charge in [-0.05, 0) is 50.5 Å². The van der Waals surface area contributed by atoms with Crippen molar-refractivity contribution in [1.82, 2.24) is 10.0 Å². The molecule has 122 valence electrons. The maximum Gasteiger partial charge on any atom is 0.251 e. The lowest BCUT2D eigenvalue weighted by atomic mass is 10.2. The van der Waals surface area contributed by atoms with E-state index in [1.807, 2.05) is 13.8 Å². The van der Waals surface area contributed by atoms with Crippen LogP contribution in [0.5, 0.6) is 0 Å². The third-order valence-corrected chi connectivity index (χ3v) is 5.69. The van der Waals surface area contributed by atoms with Gasteiger partial charge < -0.3 is 5.32 Å². The maximum atomic E-state index is 12.1. The second-order valence-electron chi connectivity index (χ2n) is 5.91. The van der Waals surface area contributed by atoms with E-state index in [1.54, 1.807) is 12.1 Å². The number of carbonyl (C=O) groups excluding carboxylic acids is 1. The highest BCUT2D eigenvalue weighted by Crippen LogP contribution is 2.18. The van der Waals surface area contributed by atoms with Crippen LogP contribution < -0.4 is 10.0 Å². The lowest BCUT2D eigenvalue weighted by molar-refractivity contribution is 0.0938. The Morgan fingerprint density at radius 3 is 2.36 bits per heavy atom. The number of benzene rings is 1. The standard InChI is InChI=1S/C16H24N2O3S/c1-3-12(2)18-22(20,21)15-10-8-13(9-11-15)16(19)17-14-6-4-5-7-14/h8-12,14,18H,3-7H2,1-2H3,(H,17,19). The summed E-state index contributed by atoms with van der Waals surface area (Å²) in [5.41, 5.74) is 0.495. The van der Waals surface area contributed by atoms with Gasteiger partial charge in [0.25, 0.3) is 5.91 Å². The molecule has 0 radical (unpaired) electrons. The quantitative estimate of drug-likeness (QED) is 0.844. The van der Waals surface area contributed by atoms with Gasteiger partial charge in [0.2, 0.25) is 10.0 Å². The summed E-state index contributed by atoms with van der Waals surface area (Å²) >= 11 is 0. The summed E-state index contributed by atoms with van der Waals surface area (Å²) in [5.74, 6) is -0.134. The zero-order valence-electron chi connectivity index (χ0n) is 13.1. The zero-order chi connectivity index (χ0) is 16.2. The van der Waals surface area contributed by atoms with E-state index in [2.05, 4.69) is 10.0 Å².